The second-order valence-corrected chi connectivity index (χ2v) is 3.59. The fourth-order valence-electron chi connectivity index (χ4n) is 1.27. The van der Waals surface area contributed by atoms with Crippen molar-refractivity contribution in [2.45, 2.75) is 20.0 Å². The van der Waals surface area contributed by atoms with Gasteiger partial charge in [-0.15, -0.1) is 5.10 Å². The van der Waals surface area contributed by atoms with Crippen molar-refractivity contribution in [3.8, 4) is 0 Å². The molecule has 0 saturated carbocycles. The first-order valence-electron chi connectivity index (χ1n) is 5.15. The Morgan fingerprint density at radius 2 is 2.31 bits per heavy atom. The number of hydrogen-bond acceptors (Lipinski definition) is 6. The highest BCUT2D eigenvalue weighted by molar-refractivity contribution is 5.43. The van der Waals surface area contributed by atoms with Gasteiger partial charge >= 0.3 is 0 Å². The lowest BCUT2D eigenvalue weighted by atomic mass is 10.5. The Bertz CT molecular complexity index is 454. The van der Waals surface area contributed by atoms with Gasteiger partial charge in [-0.1, -0.05) is 0 Å². The first-order chi connectivity index (χ1) is 7.77. The van der Waals surface area contributed by atoms with Crippen molar-refractivity contribution in [3.63, 3.8) is 0 Å². The van der Waals surface area contributed by atoms with E-state index in [9.17, 15) is 0 Å². The molecule has 0 aromatic carbocycles. The molecule has 0 aliphatic carbocycles. The number of rotatable bonds is 5. The zero-order valence-corrected chi connectivity index (χ0v) is 9.29. The molecule has 2 aromatic heterocycles. The van der Waals surface area contributed by atoms with Crippen LogP contribution in [0.5, 0.6) is 0 Å². The van der Waals surface area contributed by atoms with Gasteiger partial charge in [0, 0.05) is 6.54 Å². The van der Waals surface area contributed by atoms with Crippen molar-refractivity contribution in [3.05, 3.63) is 12.4 Å². The lowest BCUT2D eigenvalue weighted by Crippen LogP contribution is -2.15. The Morgan fingerprint density at radius 1 is 1.44 bits per heavy atom. The molecule has 0 amide bonds. The zero-order valence-electron chi connectivity index (χ0n) is 9.29. The number of tetrazole rings is 1. The number of hydrogen-bond donors (Lipinski definition) is 1. The highest BCUT2D eigenvalue weighted by Gasteiger charge is 2.02. The molecule has 0 fully saturated rings. The summed E-state index contributed by atoms with van der Waals surface area (Å²) >= 11 is 0. The van der Waals surface area contributed by atoms with Crippen molar-refractivity contribution in [2.75, 3.05) is 18.5 Å². The smallest absolute Gasteiger partial charge is 0.199 e. The Hall–Kier alpha value is -1.76. The van der Waals surface area contributed by atoms with Gasteiger partial charge in [-0.25, -0.2) is 0 Å². The molecule has 2 rings (SSSR count). The van der Waals surface area contributed by atoms with Crippen LogP contribution in [0.2, 0.25) is 0 Å². The average Bonchev–Trinajstić information content (AvgIpc) is 2.72. The van der Waals surface area contributed by atoms with Crippen LogP contribution in [-0.4, -0.2) is 44.3 Å². The van der Waals surface area contributed by atoms with Gasteiger partial charge in [0.1, 0.15) is 5.82 Å². The largest absolute Gasteiger partial charge is 0.377 e. The van der Waals surface area contributed by atoms with Crippen LogP contribution in [0.3, 0.4) is 0 Å². The third-order valence-corrected chi connectivity index (χ3v) is 1.97. The predicted molar refractivity (Wildman–Crippen MR) is 58.2 cm³/mol. The van der Waals surface area contributed by atoms with E-state index in [2.05, 4.69) is 25.8 Å². The van der Waals surface area contributed by atoms with Crippen LogP contribution >= 0.6 is 0 Å². The van der Waals surface area contributed by atoms with E-state index in [1.165, 1.54) is 0 Å². The number of anilines is 1. The van der Waals surface area contributed by atoms with Crippen LogP contribution in [-0.2, 0) is 4.74 Å². The summed E-state index contributed by atoms with van der Waals surface area (Å²) in [5.41, 5.74) is 0.620. The molecule has 0 unspecified atom stereocenters. The molecule has 86 valence electrons. The molecule has 0 bridgehead atoms. The summed E-state index contributed by atoms with van der Waals surface area (Å²) in [7, 11) is 0. The normalized spacial score (nSPS) is 11.2. The van der Waals surface area contributed by atoms with Gasteiger partial charge in [0.05, 0.1) is 25.1 Å². The van der Waals surface area contributed by atoms with E-state index in [1.807, 2.05) is 13.8 Å². The number of fused-ring (bicyclic) bond motifs is 1. The monoisotopic (exact) mass is 222 g/mol. The minimum Gasteiger partial charge on any atom is -0.377 e. The van der Waals surface area contributed by atoms with E-state index < -0.39 is 0 Å². The molecule has 0 saturated heterocycles. The molecule has 0 radical (unpaired) electrons. The minimum absolute atomic E-state index is 0.240. The quantitative estimate of drug-likeness (QED) is 0.736. The first kappa shape index (κ1) is 10.7. The SMILES string of the molecule is CC(C)OCCNc1cncc2nnnn12. The number of ether oxygens (including phenoxy) is 1. The number of aromatic nitrogens is 5. The average molecular weight is 222 g/mol. The fraction of sp³-hybridized carbons (Fsp3) is 0.556. The zero-order chi connectivity index (χ0) is 11.4. The molecule has 0 atom stereocenters. The second kappa shape index (κ2) is 4.84. The molecule has 2 heterocycles. The standard InChI is InChI=1S/C9H14N6O/c1-7(2)16-4-3-11-8-5-10-6-9-12-13-14-15(8)9/h5-7,11H,3-4H2,1-2H3. The number of nitrogens with zero attached hydrogens (tertiary/aromatic N) is 5. The van der Waals surface area contributed by atoms with Crippen molar-refractivity contribution in [1.82, 2.24) is 25.0 Å². The molecule has 7 nitrogen and oxygen atoms in total. The van der Waals surface area contributed by atoms with E-state index in [-0.39, 0.29) is 6.10 Å². The maximum absolute atomic E-state index is 5.41. The topological polar surface area (TPSA) is 77.2 Å². The Morgan fingerprint density at radius 3 is 3.12 bits per heavy atom. The molecular formula is C9H14N6O. The van der Waals surface area contributed by atoms with E-state index >= 15 is 0 Å². The molecule has 1 N–H and O–H groups in total. The highest BCUT2D eigenvalue weighted by atomic mass is 16.5. The van der Waals surface area contributed by atoms with Gasteiger partial charge in [-0.2, -0.15) is 4.52 Å². The van der Waals surface area contributed by atoms with Crippen LogP contribution in [0, 0.1) is 0 Å². The molecule has 16 heavy (non-hydrogen) atoms. The molecule has 0 spiro atoms. The Labute approximate surface area is 92.8 Å². The van der Waals surface area contributed by atoms with Crippen LogP contribution in [0.25, 0.3) is 5.65 Å². The predicted octanol–water partition coefficient (Wildman–Crippen LogP) is 0.356. The maximum Gasteiger partial charge on any atom is 0.199 e. The lowest BCUT2D eigenvalue weighted by Gasteiger charge is -2.09. The van der Waals surface area contributed by atoms with Crippen LogP contribution in [0.15, 0.2) is 12.4 Å². The highest BCUT2D eigenvalue weighted by Crippen LogP contribution is 2.04. The van der Waals surface area contributed by atoms with E-state index in [0.717, 1.165) is 5.82 Å². The summed E-state index contributed by atoms with van der Waals surface area (Å²) in [6.07, 6.45) is 3.53. The minimum atomic E-state index is 0.240. The summed E-state index contributed by atoms with van der Waals surface area (Å²) in [5.74, 6) is 0.759. The third-order valence-electron chi connectivity index (χ3n) is 1.97. The summed E-state index contributed by atoms with van der Waals surface area (Å²) < 4.78 is 7.01. The molecule has 0 aliphatic heterocycles. The molecule has 7 heteroatoms. The first-order valence-corrected chi connectivity index (χ1v) is 5.15. The van der Waals surface area contributed by atoms with Crippen LogP contribution < -0.4 is 5.32 Å². The third kappa shape index (κ3) is 2.43. The van der Waals surface area contributed by atoms with Crippen molar-refractivity contribution in [2.24, 2.45) is 0 Å². The second-order valence-electron chi connectivity index (χ2n) is 3.59. The van der Waals surface area contributed by atoms with Crippen LogP contribution in [0.1, 0.15) is 13.8 Å². The van der Waals surface area contributed by atoms with Crippen LogP contribution in [0.4, 0.5) is 5.82 Å². The molecule has 2 aromatic rings. The van der Waals surface area contributed by atoms with E-state index in [4.69, 9.17) is 4.74 Å². The summed E-state index contributed by atoms with van der Waals surface area (Å²) in [4.78, 5) is 4.03. The maximum atomic E-state index is 5.41. The summed E-state index contributed by atoms with van der Waals surface area (Å²) in [6.45, 7) is 5.34. The van der Waals surface area contributed by atoms with Crippen molar-refractivity contribution < 1.29 is 4.74 Å². The van der Waals surface area contributed by atoms with Gasteiger partial charge in [-0.05, 0) is 24.3 Å². The van der Waals surface area contributed by atoms with Gasteiger partial charge in [0.2, 0.25) is 0 Å². The van der Waals surface area contributed by atoms with Gasteiger partial charge in [0.25, 0.3) is 0 Å². The summed E-state index contributed by atoms with van der Waals surface area (Å²) in [5, 5.41) is 14.4. The molecule has 0 aliphatic rings. The van der Waals surface area contributed by atoms with Gasteiger partial charge in [0.15, 0.2) is 5.65 Å². The van der Waals surface area contributed by atoms with Gasteiger partial charge in [-0.3, -0.25) is 4.98 Å². The Balaban J connectivity index is 1.96. The number of nitrogens with one attached hydrogen (secondary N) is 1. The van der Waals surface area contributed by atoms with E-state index in [0.29, 0.717) is 18.8 Å². The fourth-order valence-corrected chi connectivity index (χ4v) is 1.27. The van der Waals surface area contributed by atoms with Crippen molar-refractivity contribution >= 4 is 11.5 Å². The van der Waals surface area contributed by atoms with Crippen molar-refractivity contribution in [1.29, 1.82) is 0 Å². The van der Waals surface area contributed by atoms with E-state index in [1.54, 1.807) is 16.9 Å². The Kier molecular flexibility index (Phi) is 3.25. The summed E-state index contributed by atoms with van der Waals surface area (Å²) in [6, 6.07) is 0. The van der Waals surface area contributed by atoms with Gasteiger partial charge < -0.3 is 10.1 Å². The lowest BCUT2D eigenvalue weighted by molar-refractivity contribution is 0.0870. The molecular weight excluding hydrogens is 208 g/mol.